The van der Waals surface area contributed by atoms with Crippen molar-refractivity contribution in [3.05, 3.63) is 35.9 Å². The van der Waals surface area contributed by atoms with E-state index in [1.165, 1.54) is 5.56 Å². The average Bonchev–Trinajstić information content (AvgIpc) is 3.07. The summed E-state index contributed by atoms with van der Waals surface area (Å²) in [4.78, 5) is 2.13. The SMILES string of the molecule is CN(C)CCC(O)C1CC1c1ccccc1. The molecular formula is C14H21NO. The van der Waals surface area contributed by atoms with Gasteiger partial charge in [0.1, 0.15) is 0 Å². The van der Waals surface area contributed by atoms with Crippen molar-refractivity contribution >= 4 is 0 Å². The Morgan fingerprint density at radius 1 is 1.31 bits per heavy atom. The third-order valence-corrected chi connectivity index (χ3v) is 3.43. The van der Waals surface area contributed by atoms with Crippen LogP contribution in [-0.4, -0.2) is 36.8 Å². The summed E-state index contributed by atoms with van der Waals surface area (Å²) in [6.45, 7) is 0.971. The van der Waals surface area contributed by atoms with Crippen LogP contribution >= 0.6 is 0 Å². The first-order valence-electron chi connectivity index (χ1n) is 6.06. The molecule has 0 aromatic heterocycles. The third kappa shape index (κ3) is 2.83. The van der Waals surface area contributed by atoms with E-state index in [1.807, 2.05) is 20.2 Å². The van der Waals surface area contributed by atoms with Crippen LogP contribution in [0.3, 0.4) is 0 Å². The van der Waals surface area contributed by atoms with Crippen LogP contribution in [0, 0.1) is 5.92 Å². The highest BCUT2D eigenvalue weighted by molar-refractivity contribution is 5.26. The molecule has 1 saturated carbocycles. The van der Waals surface area contributed by atoms with E-state index in [0.717, 1.165) is 19.4 Å². The van der Waals surface area contributed by atoms with Crippen molar-refractivity contribution in [2.24, 2.45) is 5.92 Å². The maximum atomic E-state index is 10.0. The lowest BCUT2D eigenvalue weighted by Crippen LogP contribution is -2.21. The molecule has 1 N–H and O–H groups in total. The summed E-state index contributed by atoms with van der Waals surface area (Å²) in [5, 5.41) is 10.0. The Balaban J connectivity index is 1.82. The maximum Gasteiger partial charge on any atom is 0.0586 e. The van der Waals surface area contributed by atoms with Crippen LogP contribution in [0.25, 0.3) is 0 Å². The molecule has 0 spiro atoms. The van der Waals surface area contributed by atoms with Crippen LogP contribution in [0.1, 0.15) is 24.3 Å². The van der Waals surface area contributed by atoms with E-state index in [0.29, 0.717) is 11.8 Å². The predicted molar refractivity (Wildman–Crippen MR) is 66.5 cm³/mol. The van der Waals surface area contributed by atoms with Crippen molar-refractivity contribution in [3.63, 3.8) is 0 Å². The minimum absolute atomic E-state index is 0.132. The molecule has 1 fully saturated rings. The third-order valence-electron chi connectivity index (χ3n) is 3.43. The molecule has 1 aromatic rings. The largest absolute Gasteiger partial charge is 0.393 e. The fourth-order valence-electron chi connectivity index (χ4n) is 2.33. The Morgan fingerprint density at radius 3 is 2.62 bits per heavy atom. The zero-order valence-electron chi connectivity index (χ0n) is 10.1. The first kappa shape index (κ1) is 11.6. The molecule has 2 heteroatoms. The van der Waals surface area contributed by atoms with Gasteiger partial charge in [-0.15, -0.1) is 0 Å². The minimum Gasteiger partial charge on any atom is -0.393 e. The molecule has 0 heterocycles. The van der Waals surface area contributed by atoms with Crippen LogP contribution in [0.2, 0.25) is 0 Å². The molecule has 1 aliphatic carbocycles. The number of aliphatic hydroxyl groups is 1. The van der Waals surface area contributed by atoms with E-state index in [9.17, 15) is 5.11 Å². The summed E-state index contributed by atoms with van der Waals surface area (Å²) in [7, 11) is 4.10. The molecule has 0 saturated heterocycles. The summed E-state index contributed by atoms with van der Waals surface area (Å²) < 4.78 is 0. The second-order valence-electron chi connectivity index (χ2n) is 5.08. The highest BCUT2D eigenvalue weighted by Crippen LogP contribution is 2.50. The Bertz CT molecular complexity index is 323. The number of aliphatic hydroxyl groups excluding tert-OH is 1. The molecule has 16 heavy (non-hydrogen) atoms. The van der Waals surface area contributed by atoms with Gasteiger partial charge in [-0.05, 0) is 50.9 Å². The summed E-state index contributed by atoms with van der Waals surface area (Å²) >= 11 is 0. The summed E-state index contributed by atoms with van der Waals surface area (Å²) in [6.07, 6.45) is 1.91. The lowest BCUT2D eigenvalue weighted by Gasteiger charge is -2.14. The molecule has 88 valence electrons. The van der Waals surface area contributed by atoms with Gasteiger partial charge in [-0.3, -0.25) is 0 Å². The van der Waals surface area contributed by atoms with Crippen molar-refractivity contribution in [1.29, 1.82) is 0 Å². The van der Waals surface area contributed by atoms with Crippen LogP contribution in [0.15, 0.2) is 30.3 Å². The molecule has 3 unspecified atom stereocenters. The highest BCUT2D eigenvalue weighted by Gasteiger charge is 2.42. The molecule has 2 rings (SSSR count). The first-order chi connectivity index (χ1) is 7.68. The maximum absolute atomic E-state index is 10.0. The molecule has 1 aromatic carbocycles. The fraction of sp³-hybridized carbons (Fsp3) is 0.571. The molecular weight excluding hydrogens is 198 g/mol. The lowest BCUT2D eigenvalue weighted by atomic mass is 10.1. The Kier molecular flexibility index (Phi) is 3.62. The topological polar surface area (TPSA) is 23.5 Å². The van der Waals surface area contributed by atoms with Gasteiger partial charge in [0.25, 0.3) is 0 Å². The first-order valence-corrected chi connectivity index (χ1v) is 6.06. The molecule has 0 amide bonds. The number of rotatable bonds is 5. The van der Waals surface area contributed by atoms with Crippen molar-refractivity contribution < 1.29 is 5.11 Å². The number of benzene rings is 1. The second kappa shape index (κ2) is 4.98. The zero-order chi connectivity index (χ0) is 11.5. The van der Waals surface area contributed by atoms with E-state index >= 15 is 0 Å². The van der Waals surface area contributed by atoms with Crippen LogP contribution in [0.4, 0.5) is 0 Å². The van der Waals surface area contributed by atoms with Gasteiger partial charge in [0.15, 0.2) is 0 Å². The summed E-state index contributed by atoms with van der Waals surface area (Å²) in [6, 6.07) is 10.5. The van der Waals surface area contributed by atoms with Crippen LogP contribution < -0.4 is 0 Å². The van der Waals surface area contributed by atoms with Gasteiger partial charge >= 0.3 is 0 Å². The quantitative estimate of drug-likeness (QED) is 0.820. The molecule has 1 aliphatic rings. The standard InChI is InChI=1S/C14H21NO/c1-15(2)9-8-14(16)13-10-12(13)11-6-4-3-5-7-11/h3-7,12-14,16H,8-10H2,1-2H3. The normalized spacial score (nSPS) is 25.8. The van der Waals surface area contributed by atoms with E-state index in [1.54, 1.807) is 0 Å². The highest BCUT2D eigenvalue weighted by atomic mass is 16.3. The van der Waals surface area contributed by atoms with Gasteiger partial charge in [-0.1, -0.05) is 30.3 Å². The molecule has 2 nitrogen and oxygen atoms in total. The monoisotopic (exact) mass is 219 g/mol. The van der Waals surface area contributed by atoms with E-state index < -0.39 is 0 Å². The lowest BCUT2D eigenvalue weighted by molar-refractivity contribution is 0.128. The Labute approximate surface area is 97.9 Å². The predicted octanol–water partition coefficient (Wildman–Crippen LogP) is 2.10. The van der Waals surface area contributed by atoms with Gasteiger partial charge in [0.2, 0.25) is 0 Å². The number of nitrogens with zero attached hydrogens (tertiary/aromatic N) is 1. The second-order valence-corrected chi connectivity index (χ2v) is 5.08. The number of hydrogen-bond acceptors (Lipinski definition) is 2. The zero-order valence-corrected chi connectivity index (χ0v) is 10.1. The summed E-state index contributed by atoms with van der Waals surface area (Å²) in [5.74, 6) is 1.08. The minimum atomic E-state index is -0.132. The van der Waals surface area contributed by atoms with Gasteiger partial charge in [-0.25, -0.2) is 0 Å². The Hall–Kier alpha value is -0.860. The molecule has 0 bridgehead atoms. The summed E-state index contributed by atoms with van der Waals surface area (Å²) in [5.41, 5.74) is 1.39. The van der Waals surface area contributed by atoms with Gasteiger partial charge < -0.3 is 10.0 Å². The van der Waals surface area contributed by atoms with E-state index in [4.69, 9.17) is 0 Å². The van der Waals surface area contributed by atoms with Crippen LogP contribution in [-0.2, 0) is 0 Å². The molecule has 0 radical (unpaired) electrons. The van der Waals surface area contributed by atoms with E-state index in [-0.39, 0.29) is 6.10 Å². The molecule has 3 atom stereocenters. The number of hydrogen-bond donors (Lipinski definition) is 1. The van der Waals surface area contributed by atoms with Crippen LogP contribution in [0.5, 0.6) is 0 Å². The van der Waals surface area contributed by atoms with Crippen molar-refractivity contribution in [2.75, 3.05) is 20.6 Å². The Morgan fingerprint density at radius 2 is 2.00 bits per heavy atom. The van der Waals surface area contributed by atoms with Gasteiger partial charge in [-0.2, -0.15) is 0 Å². The van der Waals surface area contributed by atoms with Gasteiger partial charge in [0.05, 0.1) is 6.10 Å². The van der Waals surface area contributed by atoms with Gasteiger partial charge in [0, 0.05) is 0 Å². The average molecular weight is 219 g/mol. The van der Waals surface area contributed by atoms with Crippen molar-refractivity contribution in [1.82, 2.24) is 4.90 Å². The van der Waals surface area contributed by atoms with Crippen molar-refractivity contribution in [3.8, 4) is 0 Å². The molecule has 0 aliphatic heterocycles. The fourth-order valence-corrected chi connectivity index (χ4v) is 2.33. The smallest absolute Gasteiger partial charge is 0.0586 e. The van der Waals surface area contributed by atoms with Crippen molar-refractivity contribution in [2.45, 2.75) is 24.9 Å². The van der Waals surface area contributed by atoms with E-state index in [2.05, 4.69) is 29.2 Å².